The van der Waals surface area contributed by atoms with E-state index in [4.69, 9.17) is 0 Å². The van der Waals surface area contributed by atoms with Gasteiger partial charge in [0.25, 0.3) is 0 Å². The van der Waals surface area contributed by atoms with E-state index in [9.17, 15) is 0 Å². The lowest BCUT2D eigenvalue weighted by molar-refractivity contribution is 0.896. The second-order valence-corrected chi connectivity index (χ2v) is 31.4. The van der Waals surface area contributed by atoms with Crippen LogP contribution in [-0.4, -0.2) is 16.1 Å². The topological polar surface area (TPSA) is 0 Å². The molecular weight excluding hydrogens is 705 g/mol. The first-order valence-corrected chi connectivity index (χ1v) is 27.5. The SMILES string of the molecule is C[Si](C)(C)C12c3ccc(s3)/C=C/c3ccc(s3)C([Si](C)(C)C)(c3ccc(s3)/C=C/c3ccc1s3)c1ccc(s1)/C=C/c1ccc2s1. The van der Waals surface area contributed by atoms with Crippen LogP contribution in [0.25, 0.3) is 36.5 Å². The molecule has 0 atom stereocenters. The maximum Gasteiger partial charge on any atom is 0.0700 e. The molecule has 9 heterocycles. The number of hydrogen-bond acceptors (Lipinski definition) is 6. The van der Waals surface area contributed by atoms with E-state index in [1.54, 1.807) is 0 Å². The van der Waals surface area contributed by atoms with Gasteiger partial charge in [-0.1, -0.05) is 39.3 Å². The van der Waals surface area contributed by atoms with Crippen LogP contribution in [0.2, 0.25) is 39.3 Å². The third-order valence-electron chi connectivity index (χ3n) is 9.46. The predicted octanol–water partition coefficient (Wildman–Crippen LogP) is 13.6. The van der Waals surface area contributed by atoms with Crippen LogP contribution in [0.1, 0.15) is 58.5 Å². The van der Waals surface area contributed by atoms with Gasteiger partial charge in [-0.2, -0.15) is 0 Å². The van der Waals surface area contributed by atoms with Gasteiger partial charge in [0.15, 0.2) is 0 Å². The largest absolute Gasteiger partial charge is 0.140 e. The van der Waals surface area contributed by atoms with Gasteiger partial charge in [0.2, 0.25) is 0 Å². The van der Waals surface area contributed by atoms with Crippen molar-refractivity contribution in [3.8, 4) is 0 Å². The molecule has 0 N–H and O–H groups in total. The quantitative estimate of drug-likeness (QED) is 0.155. The van der Waals surface area contributed by atoms with Crippen molar-refractivity contribution in [2.45, 2.75) is 49.4 Å². The molecular formula is C38H36S6Si2. The molecule has 6 aromatic heterocycles. The lowest BCUT2D eigenvalue weighted by atomic mass is 10.0. The summed E-state index contributed by atoms with van der Waals surface area (Å²) in [6.45, 7) is 15.4. The average Bonchev–Trinajstić information content (AvgIpc) is 3.83. The van der Waals surface area contributed by atoms with Gasteiger partial charge in [0.1, 0.15) is 0 Å². The molecule has 0 unspecified atom stereocenters. The smallest absolute Gasteiger partial charge is 0.0700 e. The summed E-state index contributed by atoms with van der Waals surface area (Å²) in [5.41, 5.74) is 0. The Morgan fingerprint density at radius 1 is 0.304 bits per heavy atom. The Balaban J connectivity index is 1.51. The summed E-state index contributed by atoms with van der Waals surface area (Å²) in [7, 11) is -3.80. The first-order valence-electron chi connectivity index (χ1n) is 15.6. The van der Waals surface area contributed by atoms with Gasteiger partial charge in [-0.05, 0) is 109 Å². The van der Waals surface area contributed by atoms with Crippen LogP contribution in [0.4, 0.5) is 0 Å². The van der Waals surface area contributed by atoms with Gasteiger partial charge in [0, 0.05) is 58.5 Å². The minimum atomic E-state index is -1.90. The van der Waals surface area contributed by atoms with Crippen molar-refractivity contribution in [1.29, 1.82) is 0 Å². The van der Waals surface area contributed by atoms with Crippen molar-refractivity contribution in [1.82, 2.24) is 0 Å². The summed E-state index contributed by atoms with van der Waals surface area (Å²) in [4.78, 5) is 16.8. The molecule has 0 nitrogen and oxygen atoms in total. The molecule has 232 valence electrons. The first kappa shape index (κ1) is 31.1. The van der Waals surface area contributed by atoms with Crippen molar-refractivity contribution in [2.24, 2.45) is 0 Å². The van der Waals surface area contributed by atoms with Crippen LogP contribution in [-0.2, 0) is 10.1 Å². The molecule has 14 bridgehead atoms. The van der Waals surface area contributed by atoms with Crippen LogP contribution in [0.5, 0.6) is 0 Å². The monoisotopic (exact) mass is 740 g/mol. The van der Waals surface area contributed by atoms with Gasteiger partial charge in [-0.15, -0.1) is 68.0 Å². The second kappa shape index (κ2) is 11.2. The molecule has 0 aromatic carbocycles. The summed E-state index contributed by atoms with van der Waals surface area (Å²) >= 11 is 11.9. The minimum absolute atomic E-state index is 0.132. The van der Waals surface area contributed by atoms with E-state index in [1.165, 1.54) is 58.5 Å². The molecule has 0 amide bonds. The molecule has 0 fully saturated rings. The molecule has 46 heavy (non-hydrogen) atoms. The molecule has 9 rings (SSSR count). The highest BCUT2D eigenvalue weighted by atomic mass is 32.1. The van der Waals surface area contributed by atoms with Gasteiger partial charge < -0.3 is 0 Å². The van der Waals surface area contributed by atoms with E-state index in [1.807, 2.05) is 68.0 Å². The van der Waals surface area contributed by atoms with Gasteiger partial charge in [-0.25, -0.2) is 0 Å². The van der Waals surface area contributed by atoms with Crippen LogP contribution in [0.15, 0.2) is 72.8 Å². The zero-order chi connectivity index (χ0) is 31.9. The number of hydrogen-bond donors (Lipinski definition) is 0. The lowest BCUT2D eigenvalue weighted by Gasteiger charge is -2.42. The van der Waals surface area contributed by atoms with E-state index in [2.05, 4.69) is 149 Å². The van der Waals surface area contributed by atoms with Crippen LogP contribution < -0.4 is 0 Å². The fourth-order valence-electron chi connectivity index (χ4n) is 7.30. The van der Waals surface area contributed by atoms with Crippen LogP contribution >= 0.6 is 68.0 Å². The van der Waals surface area contributed by atoms with E-state index < -0.39 is 16.1 Å². The Labute approximate surface area is 298 Å². The van der Waals surface area contributed by atoms with Crippen molar-refractivity contribution in [3.05, 3.63) is 131 Å². The third kappa shape index (κ3) is 4.78. The normalized spacial score (nSPS) is 22.8. The lowest BCUT2D eigenvalue weighted by Crippen LogP contribution is -2.49. The summed E-state index contributed by atoms with van der Waals surface area (Å²) in [5.74, 6) is 0. The van der Waals surface area contributed by atoms with Gasteiger partial charge in [0.05, 0.1) is 26.2 Å². The molecule has 0 radical (unpaired) electrons. The predicted molar refractivity (Wildman–Crippen MR) is 219 cm³/mol. The number of rotatable bonds is 2. The third-order valence-corrected chi connectivity index (χ3v) is 23.7. The molecule has 0 saturated carbocycles. The van der Waals surface area contributed by atoms with Crippen molar-refractivity contribution in [3.63, 3.8) is 0 Å². The maximum atomic E-state index is 2.56. The Morgan fingerprint density at radius 2 is 0.478 bits per heavy atom. The molecule has 8 heteroatoms. The van der Waals surface area contributed by atoms with Crippen LogP contribution in [0.3, 0.4) is 0 Å². The Hall–Kier alpha value is -2.15. The molecule has 0 aliphatic carbocycles. The van der Waals surface area contributed by atoms with Crippen molar-refractivity contribution >= 4 is 121 Å². The van der Waals surface area contributed by atoms with E-state index in [-0.39, 0.29) is 10.1 Å². The Kier molecular flexibility index (Phi) is 7.59. The molecule has 0 spiro atoms. The summed E-state index contributed by atoms with van der Waals surface area (Å²) in [6, 6.07) is 28.8. The van der Waals surface area contributed by atoms with Crippen molar-refractivity contribution < 1.29 is 0 Å². The minimum Gasteiger partial charge on any atom is -0.140 e. The van der Waals surface area contributed by atoms with E-state index in [0.717, 1.165) is 0 Å². The summed E-state index contributed by atoms with van der Waals surface area (Å²) < 4.78 is 0. The highest BCUT2D eigenvalue weighted by molar-refractivity contribution is 7.20. The van der Waals surface area contributed by atoms with Gasteiger partial charge in [-0.3, -0.25) is 0 Å². The molecule has 3 aliphatic rings. The molecule has 6 aromatic rings. The van der Waals surface area contributed by atoms with Gasteiger partial charge >= 0.3 is 0 Å². The Bertz CT molecular complexity index is 1780. The summed E-state index contributed by atoms with van der Waals surface area (Å²) in [6.07, 6.45) is 14.2. The maximum absolute atomic E-state index is 2.56. The van der Waals surface area contributed by atoms with Crippen LogP contribution in [0, 0.1) is 0 Å². The molecule has 3 aliphatic heterocycles. The first-order chi connectivity index (χ1) is 22.0. The summed E-state index contributed by atoms with van der Waals surface area (Å²) in [5, 5.41) is -0.263. The second-order valence-electron chi connectivity index (χ2n) is 14.2. The standard InChI is InChI=1S/C38H36S6Si2/c1-45(2,3)37-31-19-13-25(39-31)7-10-28-16-22-34(42-28)38(46(4,5)6,35-23-17-29(43-35)11-8-26-14-20-32(37)40-26)36-24-18-30(44-36)12-9-27-15-21-33(37)41-27/h7-24H,1-6H3/b10-7+,11-8+,12-9+. The Morgan fingerprint density at radius 3 is 0.630 bits per heavy atom. The fraction of sp³-hybridized carbons (Fsp3) is 0.211. The highest BCUT2D eigenvalue weighted by Crippen LogP contribution is 2.55. The zero-order valence-electron chi connectivity index (χ0n) is 26.8. The van der Waals surface area contributed by atoms with E-state index >= 15 is 0 Å². The fourth-order valence-corrected chi connectivity index (χ4v) is 25.3. The van der Waals surface area contributed by atoms with Crippen molar-refractivity contribution in [2.75, 3.05) is 0 Å². The number of thiophene rings is 6. The van der Waals surface area contributed by atoms with E-state index in [0.29, 0.717) is 0 Å². The zero-order valence-corrected chi connectivity index (χ0v) is 33.7. The highest BCUT2D eigenvalue weighted by Gasteiger charge is 2.52. The average molecular weight is 741 g/mol. The molecule has 0 saturated heterocycles.